The molecule has 30 heavy (non-hydrogen) atoms. The number of aromatic nitrogens is 2. The fraction of sp³-hybridized carbons (Fsp3) is 0.136. The minimum Gasteiger partial charge on any atom is -0.456 e. The van der Waals surface area contributed by atoms with Gasteiger partial charge in [-0.25, -0.2) is 14.2 Å². The van der Waals surface area contributed by atoms with E-state index in [-0.39, 0.29) is 17.7 Å². The minimum atomic E-state index is -0.575. The highest BCUT2D eigenvalue weighted by Crippen LogP contribution is 2.18. The minimum absolute atomic E-state index is 0.136. The topological polar surface area (TPSA) is 90.4 Å². The van der Waals surface area contributed by atoms with Crippen LogP contribution in [0.4, 0.5) is 0 Å². The second-order valence-corrected chi connectivity index (χ2v) is 7.59. The molecule has 7 nitrogen and oxygen atoms in total. The molecule has 4 aromatic rings. The lowest BCUT2D eigenvalue weighted by Gasteiger charge is -2.08. The predicted octanol–water partition coefficient (Wildman–Crippen LogP) is 3.24. The summed E-state index contributed by atoms with van der Waals surface area (Å²) in [5.41, 5.74) is 0.996. The van der Waals surface area contributed by atoms with Gasteiger partial charge in [0.1, 0.15) is 6.61 Å². The molecule has 2 aromatic heterocycles. The maximum atomic E-state index is 12.8. The average molecular weight is 422 g/mol. The summed E-state index contributed by atoms with van der Waals surface area (Å²) in [6.07, 6.45) is 0. The summed E-state index contributed by atoms with van der Waals surface area (Å²) in [5, 5.41) is 2.25. The molecular weight excluding hydrogens is 404 g/mol. The van der Waals surface area contributed by atoms with E-state index in [4.69, 9.17) is 9.47 Å². The van der Waals surface area contributed by atoms with E-state index in [9.17, 15) is 14.4 Å². The SMILES string of the molecule is COCc1csc(COC(=O)c2ccc3c(=O)n(-c4ccccc4)c(=O)[nH]c3c2)c1. The number of methoxy groups -OCH3 is 1. The van der Waals surface area contributed by atoms with E-state index in [0.717, 1.165) is 15.0 Å². The summed E-state index contributed by atoms with van der Waals surface area (Å²) in [7, 11) is 1.62. The van der Waals surface area contributed by atoms with Crippen LogP contribution in [0, 0.1) is 0 Å². The normalized spacial score (nSPS) is 11.0. The van der Waals surface area contributed by atoms with Crippen LogP contribution in [-0.2, 0) is 22.7 Å². The van der Waals surface area contributed by atoms with Gasteiger partial charge in [-0.2, -0.15) is 0 Å². The maximum Gasteiger partial charge on any atom is 0.338 e. The number of aromatic amines is 1. The Kier molecular flexibility index (Phi) is 5.60. The van der Waals surface area contributed by atoms with Gasteiger partial charge in [0.25, 0.3) is 5.56 Å². The number of hydrogen-bond donors (Lipinski definition) is 1. The number of esters is 1. The highest BCUT2D eigenvalue weighted by Gasteiger charge is 2.14. The molecule has 0 saturated heterocycles. The van der Waals surface area contributed by atoms with Crippen molar-refractivity contribution in [1.82, 2.24) is 9.55 Å². The first-order valence-corrected chi connectivity index (χ1v) is 10.0. The maximum absolute atomic E-state index is 12.8. The summed E-state index contributed by atoms with van der Waals surface area (Å²) in [5.74, 6) is -0.535. The molecule has 0 saturated carbocycles. The lowest BCUT2D eigenvalue weighted by atomic mass is 10.1. The van der Waals surface area contributed by atoms with Crippen LogP contribution in [0.3, 0.4) is 0 Å². The van der Waals surface area contributed by atoms with Crippen molar-refractivity contribution >= 4 is 28.2 Å². The molecule has 1 N–H and O–H groups in total. The molecule has 0 bridgehead atoms. The van der Waals surface area contributed by atoms with E-state index in [1.807, 2.05) is 11.4 Å². The first-order valence-electron chi connectivity index (χ1n) is 9.13. The van der Waals surface area contributed by atoms with Crippen LogP contribution in [-0.4, -0.2) is 22.6 Å². The van der Waals surface area contributed by atoms with Gasteiger partial charge in [-0.1, -0.05) is 18.2 Å². The number of thiophene rings is 1. The molecule has 8 heteroatoms. The molecule has 0 spiro atoms. The summed E-state index contributed by atoms with van der Waals surface area (Å²) in [6.45, 7) is 0.639. The predicted molar refractivity (Wildman–Crippen MR) is 114 cm³/mol. The number of carbonyl (C=O) groups is 1. The lowest BCUT2D eigenvalue weighted by molar-refractivity contribution is 0.0477. The van der Waals surface area contributed by atoms with E-state index >= 15 is 0 Å². The third-order valence-electron chi connectivity index (χ3n) is 4.51. The number of para-hydroxylation sites is 1. The van der Waals surface area contributed by atoms with E-state index in [1.54, 1.807) is 37.4 Å². The number of benzene rings is 2. The Morgan fingerprint density at radius 3 is 2.63 bits per heavy atom. The van der Waals surface area contributed by atoms with Crippen molar-refractivity contribution in [3.63, 3.8) is 0 Å². The molecule has 0 aliphatic heterocycles. The Morgan fingerprint density at radius 2 is 1.87 bits per heavy atom. The second-order valence-electron chi connectivity index (χ2n) is 6.60. The largest absolute Gasteiger partial charge is 0.456 e. The van der Waals surface area contributed by atoms with Gasteiger partial charge in [0.2, 0.25) is 0 Å². The number of H-pyrrole nitrogens is 1. The van der Waals surface area contributed by atoms with Gasteiger partial charge >= 0.3 is 11.7 Å². The van der Waals surface area contributed by atoms with Crippen LogP contribution < -0.4 is 11.2 Å². The Morgan fingerprint density at radius 1 is 1.07 bits per heavy atom. The highest BCUT2D eigenvalue weighted by atomic mass is 32.1. The van der Waals surface area contributed by atoms with Crippen molar-refractivity contribution in [2.24, 2.45) is 0 Å². The number of nitrogens with zero attached hydrogens (tertiary/aromatic N) is 1. The Balaban J connectivity index is 1.59. The fourth-order valence-electron chi connectivity index (χ4n) is 3.12. The van der Waals surface area contributed by atoms with Gasteiger partial charge in [-0.3, -0.25) is 4.79 Å². The molecule has 152 valence electrons. The van der Waals surface area contributed by atoms with Gasteiger partial charge in [0.05, 0.1) is 28.8 Å². The Hall–Kier alpha value is -3.49. The first kappa shape index (κ1) is 19.8. The number of ether oxygens (including phenoxy) is 2. The van der Waals surface area contributed by atoms with Crippen LogP contribution >= 0.6 is 11.3 Å². The molecule has 2 aromatic carbocycles. The van der Waals surface area contributed by atoms with Crippen LogP contribution in [0.1, 0.15) is 20.8 Å². The zero-order valence-corrected chi connectivity index (χ0v) is 16.9. The zero-order chi connectivity index (χ0) is 21.1. The van der Waals surface area contributed by atoms with Gasteiger partial charge in [0.15, 0.2) is 0 Å². The summed E-state index contributed by atoms with van der Waals surface area (Å²) < 4.78 is 11.5. The van der Waals surface area contributed by atoms with E-state index in [2.05, 4.69) is 4.98 Å². The summed E-state index contributed by atoms with van der Waals surface area (Å²) in [4.78, 5) is 41.3. The first-order chi connectivity index (χ1) is 14.6. The fourth-order valence-corrected chi connectivity index (χ4v) is 3.91. The van der Waals surface area contributed by atoms with Crippen molar-refractivity contribution in [1.29, 1.82) is 0 Å². The zero-order valence-electron chi connectivity index (χ0n) is 16.1. The number of hydrogen-bond acceptors (Lipinski definition) is 6. The second kappa shape index (κ2) is 8.48. The van der Waals surface area contributed by atoms with E-state index in [1.165, 1.54) is 29.5 Å². The van der Waals surface area contributed by atoms with Crippen molar-refractivity contribution in [2.75, 3.05) is 7.11 Å². The molecule has 4 rings (SSSR count). The van der Waals surface area contributed by atoms with Crippen LogP contribution in [0.5, 0.6) is 0 Å². The quantitative estimate of drug-likeness (QED) is 0.482. The smallest absolute Gasteiger partial charge is 0.338 e. The monoisotopic (exact) mass is 422 g/mol. The van der Waals surface area contributed by atoms with Gasteiger partial charge < -0.3 is 14.5 Å². The summed E-state index contributed by atoms with van der Waals surface area (Å²) in [6, 6.07) is 15.1. The molecule has 0 atom stereocenters. The number of carbonyl (C=O) groups excluding carboxylic acids is 1. The lowest BCUT2D eigenvalue weighted by Crippen LogP contribution is -2.33. The molecule has 0 radical (unpaired) electrons. The van der Waals surface area contributed by atoms with Gasteiger partial charge in [-0.15, -0.1) is 11.3 Å². The van der Waals surface area contributed by atoms with Crippen molar-refractivity contribution in [2.45, 2.75) is 13.2 Å². The van der Waals surface area contributed by atoms with Gasteiger partial charge in [-0.05, 0) is 47.3 Å². The highest BCUT2D eigenvalue weighted by molar-refractivity contribution is 7.10. The van der Waals surface area contributed by atoms with E-state index < -0.39 is 17.2 Å². The Bertz CT molecular complexity index is 1320. The number of fused-ring (bicyclic) bond motifs is 1. The molecular formula is C22H18N2O5S. The number of rotatable bonds is 6. The third-order valence-corrected chi connectivity index (χ3v) is 5.47. The van der Waals surface area contributed by atoms with Crippen molar-refractivity contribution in [3.05, 3.63) is 96.8 Å². The molecule has 0 fully saturated rings. The molecule has 0 aliphatic rings. The molecule has 0 unspecified atom stereocenters. The molecule has 0 aliphatic carbocycles. The van der Waals surface area contributed by atoms with Crippen molar-refractivity contribution in [3.8, 4) is 5.69 Å². The van der Waals surface area contributed by atoms with Crippen LogP contribution in [0.15, 0.2) is 69.6 Å². The van der Waals surface area contributed by atoms with E-state index in [0.29, 0.717) is 17.7 Å². The standard InChI is InChI=1S/C22H18N2O5S/c1-28-11-14-9-17(30-13-14)12-29-21(26)15-7-8-18-19(10-15)23-22(27)24(20(18)25)16-5-3-2-4-6-16/h2-10,13H,11-12H2,1H3,(H,23,27). The Labute approximate surface area is 175 Å². The van der Waals surface area contributed by atoms with Gasteiger partial charge in [0, 0.05) is 12.0 Å². The third kappa shape index (κ3) is 3.96. The molecule has 2 heterocycles. The van der Waals surface area contributed by atoms with Crippen LogP contribution in [0.2, 0.25) is 0 Å². The van der Waals surface area contributed by atoms with Crippen molar-refractivity contribution < 1.29 is 14.3 Å². The summed E-state index contributed by atoms with van der Waals surface area (Å²) >= 11 is 1.48. The molecule has 0 amide bonds. The number of nitrogens with one attached hydrogen (secondary N) is 1. The van der Waals surface area contributed by atoms with Crippen LogP contribution in [0.25, 0.3) is 16.6 Å². The average Bonchev–Trinajstić information content (AvgIpc) is 3.20.